The van der Waals surface area contributed by atoms with Gasteiger partial charge in [0.1, 0.15) is 5.69 Å². The van der Waals surface area contributed by atoms with Gasteiger partial charge in [-0.05, 0) is 24.6 Å². The van der Waals surface area contributed by atoms with Gasteiger partial charge in [-0.3, -0.25) is 13.9 Å². The van der Waals surface area contributed by atoms with Crippen LogP contribution in [0.1, 0.15) is 22.6 Å². The van der Waals surface area contributed by atoms with E-state index in [1.807, 2.05) is 0 Å². The zero-order valence-corrected chi connectivity index (χ0v) is 13.4. The van der Waals surface area contributed by atoms with E-state index in [-0.39, 0.29) is 31.0 Å². The first-order chi connectivity index (χ1) is 11.7. The second kappa shape index (κ2) is 7.19. The highest BCUT2D eigenvalue weighted by molar-refractivity contribution is 5.23. The van der Waals surface area contributed by atoms with Crippen molar-refractivity contribution >= 4 is 0 Å². The molecule has 0 aliphatic carbocycles. The van der Waals surface area contributed by atoms with E-state index in [4.69, 9.17) is 10.8 Å². The molecule has 0 spiro atoms. The number of halogens is 3. The summed E-state index contributed by atoms with van der Waals surface area (Å²) in [4.78, 5) is 27.9. The molecule has 3 N–H and O–H groups in total. The molecule has 0 aromatic carbocycles. The molecule has 7 nitrogen and oxygen atoms in total. The summed E-state index contributed by atoms with van der Waals surface area (Å²) in [6.07, 6.45) is -4.67. The van der Waals surface area contributed by atoms with E-state index in [0.29, 0.717) is 5.69 Å². The number of rotatable bonds is 5. The molecular weight excluding hydrogens is 341 g/mol. The van der Waals surface area contributed by atoms with Gasteiger partial charge in [0.15, 0.2) is 0 Å². The number of alkyl halides is 3. The van der Waals surface area contributed by atoms with E-state index in [1.165, 1.54) is 23.6 Å². The lowest BCUT2D eigenvalue weighted by molar-refractivity contribution is -0.141. The fourth-order valence-corrected chi connectivity index (χ4v) is 2.40. The molecule has 2 aromatic heterocycles. The third kappa shape index (κ3) is 4.15. The summed E-state index contributed by atoms with van der Waals surface area (Å²) in [7, 11) is 0. The SMILES string of the molecule is Cc1cc(=O)n(Cc2cc(CN)cc(C(F)(F)F)n2)c(=O)n1CCO. The van der Waals surface area contributed by atoms with Crippen LogP contribution in [0, 0.1) is 6.92 Å². The lowest BCUT2D eigenvalue weighted by Gasteiger charge is -2.14. The van der Waals surface area contributed by atoms with Gasteiger partial charge in [-0.2, -0.15) is 13.2 Å². The smallest absolute Gasteiger partial charge is 0.395 e. The number of hydrogen-bond donors (Lipinski definition) is 2. The second-order valence-electron chi connectivity index (χ2n) is 5.42. The van der Waals surface area contributed by atoms with Crippen LogP contribution in [0.2, 0.25) is 0 Å². The summed E-state index contributed by atoms with van der Waals surface area (Å²) in [5, 5.41) is 9.01. The van der Waals surface area contributed by atoms with E-state index < -0.39 is 29.7 Å². The predicted molar refractivity (Wildman–Crippen MR) is 83.0 cm³/mol. The number of nitrogens with two attached hydrogens (primary N) is 1. The minimum atomic E-state index is -4.67. The molecule has 0 atom stereocenters. The number of aliphatic hydroxyl groups excluding tert-OH is 1. The molecule has 10 heteroatoms. The average molecular weight is 358 g/mol. The van der Waals surface area contributed by atoms with Crippen LogP contribution in [0.5, 0.6) is 0 Å². The quantitative estimate of drug-likeness (QED) is 0.797. The maximum absolute atomic E-state index is 12.9. The van der Waals surface area contributed by atoms with E-state index in [2.05, 4.69) is 4.98 Å². The Hall–Kier alpha value is -2.46. The Morgan fingerprint density at radius 1 is 1.20 bits per heavy atom. The lowest BCUT2D eigenvalue weighted by Crippen LogP contribution is -2.41. The van der Waals surface area contributed by atoms with Gasteiger partial charge in [-0.25, -0.2) is 9.78 Å². The van der Waals surface area contributed by atoms with Crippen molar-refractivity contribution in [1.29, 1.82) is 0 Å². The maximum Gasteiger partial charge on any atom is 0.433 e. The maximum atomic E-state index is 12.9. The Balaban J connectivity index is 2.55. The van der Waals surface area contributed by atoms with Gasteiger partial charge in [-0.15, -0.1) is 0 Å². The molecule has 136 valence electrons. The zero-order valence-electron chi connectivity index (χ0n) is 13.4. The fourth-order valence-electron chi connectivity index (χ4n) is 2.40. The largest absolute Gasteiger partial charge is 0.433 e. The van der Waals surface area contributed by atoms with Gasteiger partial charge in [0, 0.05) is 18.3 Å². The van der Waals surface area contributed by atoms with E-state index in [9.17, 15) is 22.8 Å². The minimum absolute atomic E-state index is 0.0327. The van der Waals surface area contributed by atoms with E-state index >= 15 is 0 Å². The molecule has 2 heterocycles. The number of pyridine rings is 1. The third-order valence-electron chi connectivity index (χ3n) is 3.59. The predicted octanol–water partition coefficient (Wildman–Crippen LogP) is 0.232. The summed E-state index contributed by atoms with van der Waals surface area (Å²) >= 11 is 0. The number of aromatic nitrogens is 3. The number of aryl methyl sites for hydroxylation is 1. The summed E-state index contributed by atoms with van der Waals surface area (Å²) < 4.78 is 40.7. The Bertz CT molecular complexity index is 887. The normalized spacial score (nSPS) is 11.8. The first kappa shape index (κ1) is 18.9. The van der Waals surface area contributed by atoms with E-state index in [1.54, 1.807) is 0 Å². The van der Waals surface area contributed by atoms with Crippen molar-refractivity contribution in [3.8, 4) is 0 Å². The van der Waals surface area contributed by atoms with Gasteiger partial charge < -0.3 is 10.8 Å². The molecule has 0 amide bonds. The number of aliphatic hydroxyl groups is 1. The van der Waals surface area contributed by atoms with Crippen LogP contribution in [0.4, 0.5) is 13.2 Å². The highest BCUT2D eigenvalue weighted by atomic mass is 19.4. The van der Waals surface area contributed by atoms with Gasteiger partial charge in [0.25, 0.3) is 5.56 Å². The van der Waals surface area contributed by atoms with Crippen LogP contribution in [0.3, 0.4) is 0 Å². The molecule has 25 heavy (non-hydrogen) atoms. The highest BCUT2D eigenvalue weighted by Gasteiger charge is 2.33. The van der Waals surface area contributed by atoms with Crippen LogP contribution >= 0.6 is 0 Å². The Morgan fingerprint density at radius 3 is 2.44 bits per heavy atom. The van der Waals surface area contributed by atoms with Crippen molar-refractivity contribution in [2.75, 3.05) is 6.61 Å². The second-order valence-corrected chi connectivity index (χ2v) is 5.42. The van der Waals surface area contributed by atoms with Crippen LogP contribution in [0.25, 0.3) is 0 Å². The summed E-state index contributed by atoms with van der Waals surface area (Å²) in [5.74, 6) is 0. The highest BCUT2D eigenvalue weighted by Crippen LogP contribution is 2.28. The summed E-state index contributed by atoms with van der Waals surface area (Å²) in [6, 6.07) is 3.32. The Morgan fingerprint density at radius 2 is 1.88 bits per heavy atom. The summed E-state index contributed by atoms with van der Waals surface area (Å²) in [6.45, 7) is 0.599. The monoisotopic (exact) mass is 358 g/mol. The fraction of sp³-hybridized carbons (Fsp3) is 0.400. The number of hydrogen-bond acceptors (Lipinski definition) is 5. The van der Waals surface area contributed by atoms with Crippen LogP contribution in [0.15, 0.2) is 27.8 Å². The minimum Gasteiger partial charge on any atom is -0.395 e. The molecule has 0 fully saturated rings. The first-order valence-corrected chi connectivity index (χ1v) is 7.36. The molecule has 0 saturated carbocycles. The van der Waals surface area contributed by atoms with Crippen LogP contribution < -0.4 is 17.0 Å². The molecule has 0 radical (unpaired) electrons. The topological polar surface area (TPSA) is 103 Å². The van der Waals surface area contributed by atoms with Crippen molar-refractivity contribution in [3.05, 3.63) is 61.7 Å². The van der Waals surface area contributed by atoms with Crippen molar-refractivity contribution < 1.29 is 18.3 Å². The summed E-state index contributed by atoms with van der Waals surface area (Å²) in [5.41, 5.74) is 3.31. The Kier molecular flexibility index (Phi) is 5.43. The first-order valence-electron chi connectivity index (χ1n) is 7.36. The third-order valence-corrected chi connectivity index (χ3v) is 3.59. The molecular formula is C15H17F3N4O3. The molecule has 0 saturated heterocycles. The average Bonchev–Trinajstić information content (AvgIpc) is 2.54. The van der Waals surface area contributed by atoms with E-state index in [0.717, 1.165) is 10.6 Å². The van der Waals surface area contributed by atoms with Crippen LogP contribution in [-0.4, -0.2) is 25.8 Å². The van der Waals surface area contributed by atoms with Crippen LogP contribution in [-0.2, 0) is 25.8 Å². The number of nitrogens with zero attached hydrogens (tertiary/aromatic N) is 3. The lowest BCUT2D eigenvalue weighted by atomic mass is 10.2. The van der Waals surface area contributed by atoms with Crippen molar-refractivity contribution in [2.45, 2.75) is 32.7 Å². The molecule has 0 bridgehead atoms. The van der Waals surface area contributed by atoms with Gasteiger partial charge >= 0.3 is 11.9 Å². The molecule has 2 aromatic rings. The van der Waals surface area contributed by atoms with Crippen molar-refractivity contribution in [2.24, 2.45) is 5.73 Å². The van der Waals surface area contributed by atoms with Gasteiger partial charge in [0.2, 0.25) is 0 Å². The zero-order chi connectivity index (χ0) is 18.8. The molecule has 0 aliphatic rings. The standard InChI is InChI=1S/C15H17F3N4O3/c1-9-4-13(24)22(14(25)21(9)2-3-23)8-11-5-10(7-19)6-12(20-11)15(16,17)18/h4-6,23H,2-3,7-8,19H2,1H3. The molecule has 0 unspecified atom stereocenters. The van der Waals surface area contributed by atoms with Gasteiger partial charge in [0.05, 0.1) is 25.4 Å². The van der Waals surface area contributed by atoms with Crippen molar-refractivity contribution in [3.63, 3.8) is 0 Å². The van der Waals surface area contributed by atoms with Crippen molar-refractivity contribution in [1.82, 2.24) is 14.1 Å². The van der Waals surface area contributed by atoms with Gasteiger partial charge in [-0.1, -0.05) is 0 Å². The molecule has 2 rings (SSSR count). The Labute approximate surface area is 140 Å². The molecule has 0 aliphatic heterocycles.